The molecule has 0 amide bonds. The van der Waals surface area contributed by atoms with Crippen molar-refractivity contribution in [3.63, 3.8) is 0 Å². The Morgan fingerprint density at radius 2 is 1.52 bits per heavy atom. The van der Waals surface area contributed by atoms with Crippen LogP contribution in [0.3, 0.4) is 0 Å². The molecule has 134 valence electrons. The fraction of sp³-hybridized carbons (Fsp3) is 0.923. The Balaban J connectivity index is 2.22. The number of piperidine rings is 1. The number of hydrogen-bond acceptors (Lipinski definition) is 3. The average Bonchev–Trinajstić information content (AvgIpc) is 2.83. The molecule has 2 fully saturated rings. The maximum absolute atomic E-state index is 13.0. The van der Waals surface area contributed by atoms with Gasteiger partial charge in [-0.1, -0.05) is 13.8 Å². The molecule has 2 unspecified atom stereocenters. The van der Waals surface area contributed by atoms with Crippen molar-refractivity contribution in [1.29, 1.82) is 0 Å². The molecular formula is C13H21F3N2O4S. The first-order valence-corrected chi connectivity index (χ1v) is 8.87. The minimum Gasteiger partial charge on any atom is -0.481 e. The van der Waals surface area contributed by atoms with E-state index in [1.54, 1.807) is 0 Å². The molecule has 23 heavy (non-hydrogen) atoms. The summed E-state index contributed by atoms with van der Waals surface area (Å²) in [6, 6.07) is 0. The second-order valence-corrected chi connectivity index (χ2v) is 8.61. The second kappa shape index (κ2) is 6.21. The quantitative estimate of drug-likeness (QED) is 0.827. The summed E-state index contributed by atoms with van der Waals surface area (Å²) in [7, 11) is -4.08. The van der Waals surface area contributed by atoms with Gasteiger partial charge in [-0.05, 0) is 18.3 Å². The van der Waals surface area contributed by atoms with Gasteiger partial charge in [-0.25, -0.2) is 0 Å². The Morgan fingerprint density at radius 3 is 1.91 bits per heavy atom. The van der Waals surface area contributed by atoms with E-state index in [4.69, 9.17) is 5.11 Å². The van der Waals surface area contributed by atoms with E-state index in [0.717, 1.165) is 6.42 Å². The van der Waals surface area contributed by atoms with E-state index in [1.165, 1.54) is 4.31 Å². The molecule has 2 heterocycles. The normalized spacial score (nSPS) is 34.7. The van der Waals surface area contributed by atoms with Gasteiger partial charge in [-0.2, -0.15) is 30.2 Å². The lowest BCUT2D eigenvalue weighted by Gasteiger charge is -2.36. The highest BCUT2D eigenvalue weighted by Gasteiger charge is 2.55. The average molecular weight is 358 g/mol. The Morgan fingerprint density at radius 1 is 1.04 bits per heavy atom. The van der Waals surface area contributed by atoms with Crippen molar-refractivity contribution in [2.45, 2.75) is 26.4 Å². The number of halogens is 3. The van der Waals surface area contributed by atoms with Crippen molar-refractivity contribution in [1.82, 2.24) is 8.61 Å². The monoisotopic (exact) mass is 358 g/mol. The lowest BCUT2D eigenvalue weighted by atomic mass is 9.94. The molecule has 0 aromatic carbocycles. The van der Waals surface area contributed by atoms with Crippen molar-refractivity contribution < 1.29 is 31.5 Å². The molecular weight excluding hydrogens is 337 g/mol. The molecule has 0 saturated carbocycles. The summed E-state index contributed by atoms with van der Waals surface area (Å²) in [5, 5.41) is 8.99. The number of rotatable bonds is 3. The largest absolute Gasteiger partial charge is 0.481 e. The van der Waals surface area contributed by atoms with Crippen LogP contribution in [0.4, 0.5) is 13.2 Å². The first-order chi connectivity index (χ1) is 10.4. The van der Waals surface area contributed by atoms with Crippen LogP contribution in [0.5, 0.6) is 0 Å². The Bertz CT molecular complexity index is 556. The summed E-state index contributed by atoms with van der Waals surface area (Å²) in [5.41, 5.74) is 0. The fourth-order valence-corrected chi connectivity index (χ4v) is 5.41. The van der Waals surface area contributed by atoms with Gasteiger partial charge in [0.15, 0.2) is 0 Å². The van der Waals surface area contributed by atoms with Crippen molar-refractivity contribution in [3.05, 3.63) is 0 Å². The first-order valence-electron chi connectivity index (χ1n) is 7.47. The molecule has 2 aliphatic rings. The molecule has 0 aromatic heterocycles. The summed E-state index contributed by atoms with van der Waals surface area (Å²) in [6.45, 7) is 2.81. The molecule has 2 rings (SSSR count). The highest BCUT2D eigenvalue weighted by molar-refractivity contribution is 7.86. The zero-order valence-electron chi connectivity index (χ0n) is 13.0. The third-order valence-corrected chi connectivity index (χ3v) is 6.41. The number of hydrogen-bond donors (Lipinski definition) is 1. The lowest BCUT2D eigenvalue weighted by Crippen LogP contribution is -2.49. The van der Waals surface area contributed by atoms with E-state index in [2.05, 4.69) is 0 Å². The van der Waals surface area contributed by atoms with E-state index in [-0.39, 0.29) is 24.9 Å². The molecule has 4 atom stereocenters. The maximum atomic E-state index is 13.0. The standard InChI is InChI=1S/C13H21F3N2O4S/c1-8-3-9(2)5-17(4-8)23(21,22)18-6-10(12(19)20)11(7-18)13(14,15)16/h8-11H,3-7H2,1-2H3,(H,19,20)/t8?,9?,10-,11-/m1/s1. The summed E-state index contributed by atoms with van der Waals surface area (Å²) in [6.07, 6.45) is -3.88. The molecule has 10 heteroatoms. The number of carbonyl (C=O) groups is 1. The third kappa shape index (κ3) is 3.80. The zero-order chi connectivity index (χ0) is 17.6. The highest BCUT2D eigenvalue weighted by atomic mass is 32.2. The number of nitrogens with zero attached hydrogens (tertiary/aromatic N) is 2. The maximum Gasteiger partial charge on any atom is 0.393 e. The van der Waals surface area contributed by atoms with Gasteiger partial charge in [-0.3, -0.25) is 4.79 Å². The predicted molar refractivity (Wildman–Crippen MR) is 75.7 cm³/mol. The highest BCUT2D eigenvalue weighted by Crippen LogP contribution is 2.39. The van der Waals surface area contributed by atoms with Gasteiger partial charge < -0.3 is 5.11 Å². The van der Waals surface area contributed by atoms with Crippen LogP contribution in [0.25, 0.3) is 0 Å². The smallest absolute Gasteiger partial charge is 0.393 e. The zero-order valence-corrected chi connectivity index (χ0v) is 13.8. The van der Waals surface area contributed by atoms with Crippen LogP contribution < -0.4 is 0 Å². The van der Waals surface area contributed by atoms with Crippen LogP contribution >= 0.6 is 0 Å². The lowest BCUT2D eigenvalue weighted by molar-refractivity contribution is -0.187. The summed E-state index contributed by atoms with van der Waals surface area (Å²) < 4.78 is 66.1. The Labute approximate surface area is 133 Å². The van der Waals surface area contributed by atoms with Gasteiger partial charge in [-0.15, -0.1) is 0 Å². The van der Waals surface area contributed by atoms with Gasteiger partial charge in [0, 0.05) is 26.2 Å². The number of aliphatic carboxylic acids is 1. The van der Waals surface area contributed by atoms with Gasteiger partial charge in [0.2, 0.25) is 0 Å². The van der Waals surface area contributed by atoms with E-state index in [0.29, 0.717) is 4.31 Å². The number of alkyl halides is 3. The van der Waals surface area contributed by atoms with E-state index < -0.39 is 47.3 Å². The molecule has 2 saturated heterocycles. The Kier molecular flexibility index (Phi) is 4.99. The first kappa shape index (κ1) is 18.5. The van der Waals surface area contributed by atoms with E-state index in [1.807, 2.05) is 13.8 Å². The van der Waals surface area contributed by atoms with Crippen molar-refractivity contribution in [2.24, 2.45) is 23.7 Å². The van der Waals surface area contributed by atoms with Crippen molar-refractivity contribution in [3.8, 4) is 0 Å². The second-order valence-electron chi connectivity index (χ2n) is 6.68. The molecule has 0 radical (unpaired) electrons. The Hall–Kier alpha value is -0.870. The number of carboxylic acid groups (broad SMARTS) is 1. The van der Waals surface area contributed by atoms with Crippen molar-refractivity contribution >= 4 is 16.2 Å². The van der Waals surface area contributed by atoms with Crippen LogP contribution in [0.15, 0.2) is 0 Å². The predicted octanol–water partition coefficient (Wildman–Crippen LogP) is 1.40. The van der Waals surface area contributed by atoms with Crippen molar-refractivity contribution in [2.75, 3.05) is 26.2 Å². The van der Waals surface area contributed by atoms with E-state index >= 15 is 0 Å². The van der Waals surface area contributed by atoms with Crippen LogP contribution in [0, 0.1) is 23.7 Å². The molecule has 2 aliphatic heterocycles. The van der Waals surface area contributed by atoms with E-state index in [9.17, 15) is 26.4 Å². The minimum atomic E-state index is -4.74. The van der Waals surface area contributed by atoms with Crippen LogP contribution in [-0.2, 0) is 15.0 Å². The number of carboxylic acids is 1. The summed E-state index contributed by atoms with van der Waals surface area (Å²) >= 11 is 0. The van der Waals surface area contributed by atoms with Gasteiger partial charge in [0.05, 0.1) is 11.8 Å². The third-order valence-electron chi connectivity index (χ3n) is 4.51. The molecule has 0 aromatic rings. The molecule has 0 aliphatic carbocycles. The van der Waals surface area contributed by atoms with Gasteiger partial charge in [0.1, 0.15) is 0 Å². The fourth-order valence-electron chi connectivity index (χ4n) is 3.50. The topological polar surface area (TPSA) is 77.9 Å². The molecule has 0 spiro atoms. The van der Waals surface area contributed by atoms with Crippen LogP contribution in [-0.4, -0.2) is 60.5 Å². The molecule has 1 N–H and O–H groups in total. The van der Waals surface area contributed by atoms with Gasteiger partial charge >= 0.3 is 12.1 Å². The van der Waals surface area contributed by atoms with Gasteiger partial charge in [0.25, 0.3) is 10.2 Å². The summed E-state index contributed by atoms with van der Waals surface area (Å²) in [4.78, 5) is 11.1. The van der Waals surface area contributed by atoms with Crippen LogP contribution in [0.1, 0.15) is 20.3 Å². The SMILES string of the molecule is CC1CC(C)CN(S(=O)(=O)N2C[C@@H](C(F)(F)F)[C@H](C(=O)O)C2)C1. The minimum absolute atomic E-state index is 0.116. The molecule has 0 bridgehead atoms. The van der Waals surface area contributed by atoms with Crippen LogP contribution in [0.2, 0.25) is 0 Å². The summed E-state index contributed by atoms with van der Waals surface area (Å²) in [5.74, 6) is -5.32. The molecule has 6 nitrogen and oxygen atoms in total.